The number of rotatable bonds is 5. The molecule has 7 nitrogen and oxygen atoms in total. The molecule has 2 saturated carbocycles. The molecular formula is C20H34N4O3. The van der Waals surface area contributed by atoms with Crippen LogP contribution < -0.4 is 10.6 Å². The average Bonchev–Trinajstić information content (AvgIpc) is 3.05. The fraction of sp³-hybridized carbons (Fsp3) is 0.900. The number of ether oxygens (including phenoxy) is 2. The Morgan fingerprint density at radius 2 is 2.00 bits per heavy atom. The Kier molecular flexibility index (Phi) is 5.60. The standard InChI is InChI=1S/C20H34N4O3/c1-24(2)16(25)13-22-19(21-12-14-6-3-4-10-26-14)23-17-15-7-11-27-18(15)20(17)8-5-9-20/h14-15,17-18H,3-13H2,1-2H3,(H2,21,22,23). The van der Waals surface area contributed by atoms with E-state index in [0.717, 1.165) is 45.0 Å². The maximum atomic E-state index is 12.0. The Morgan fingerprint density at radius 3 is 2.67 bits per heavy atom. The predicted octanol–water partition coefficient (Wildman–Crippen LogP) is 1.14. The molecule has 4 fully saturated rings. The molecule has 4 aliphatic rings. The van der Waals surface area contributed by atoms with Crippen LogP contribution in [0.2, 0.25) is 0 Å². The number of aliphatic imine (C=N–C) groups is 1. The molecule has 2 saturated heterocycles. The minimum Gasteiger partial charge on any atom is -0.377 e. The number of hydrogen-bond donors (Lipinski definition) is 2. The zero-order valence-corrected chi connectivity index (χ0v) is 16.7. The third-order valence-corrected chi connectivity index (χ3v) is 6.97. The highest BCUT2D eigenvalue weighted by molar-refractivity contribution is 5.85. The average molecular weight is 379 g/mol. The van der Waals surface area contributed by atoms with Crippen LogP contribution in [0.5, 0.6) is 0 Å². The summed E-state index contributed by atoms with van der Waals surface area (Å²) in [6.07, 6.45) is 9.01. The van der Waals surface area contributed by atoms with Crippen molar-refractivity contribution >= 4 is 11.9 Å². The molecule has 27 heavy (non-hydrogen) atoms. The van der Waals surface area contributed by atoms with Crippen LogP contribution in [-0.4, -0.2) is 75.4 Å². The first kappa shape index (κ1) is 19.0. The molecule has 1 amide bonds. The molecule has 0 radical (unpaired) electrons. The zero-order valence-electron chi connectivity index (χ0n) is 16.7. The summed E-state index contributed by atoms with van der Waals surface area (Å²) in [6.45, 7) is 2.63. The van der Waals surface area contributed by atoms with Gasteiger partial charge in [0.1, 0.15) is 6.54 Å². The number of carbonyl (C=O) groups excluding carboxylic acids is 1. The van der Waals surface area contributed by atoms with Gasteiger partial charge in [-0.2, -0.15) is 0 Å². The molecule has 4 rings (SSSR count). The third kappa shape index (κ3) is 3.68. The van der Waals surface area contributed by atoms with E-state index in [4.69, 9.17) is 9.47 Å². The molecule has 2 aliphatic carbocycles. The largest absolute Gasteiger partial charge is 0.377 e. The summed E-state index contributed by atoms with van der Waals surface area (Å²) in [4.78, 5) is 18.2. The van der Waals surface area contributed by atoms with E-state index >= 15 is 0 Å². The van der Waals surface area contributed by atoms with Crippen LogP contribution in [0, 0.1) is 11.3 Å². The molecule has 0 bridgehead atoms. The first-order chi connectivity index (χ1) is 13.1. The van der Waals surface area contributed by atoms with E-state index in [9.17, 15) is 4.79 Å². The Labute approximate surface area is 162 Å². The van der Waals surface area contributed by atoms with E-state index in [0.29, 0.717) is 18.1 Å². The first-order valence-corrected chi connectivity index (χ1v) is 10.6. The van der Waals surface area contributed by atoms with E-state index in [1.165, 1.54) is 25.7 Å². The number of hydrogen-bond acceptors (Lipinski definition) is 4. The molecule has 4 unspecified atom stereocenters. The molecule has 2 aliphatic heterocycles. The van der Waals surface area contributed by atoms with Crippen molar-refractivity contribution in [3.8, 4) is 0 Å². The lowest BCUT2D eigenvalue weighted by molar-refractivity contribution is -0.171. The summed E-state index contributed by atoms with van der Waals surface area (Å²) in [7, 11) is 3.54. The molecule has 0 aromatic rings. The van der Waals surface area contributed by atoms with Crippen molar-refractivity contribution in [1.29, 1.82) is 0 Å². The highest BCUT2D eigenvalue weighted by atomic mass is 16.5. The van der Waals surface area contributed by atoms with Crippen LogP contribution in [0.4, 0.5) is 0 Å². The van der Waals surface area contributed by atoms with Crippen LogP contribution in [0.15, 0.2) is 4.99 Å². The Balaban J connectivity index is 1.40. The summed E-state index contributed by atoms with van der Waals surface area (Å²) in [5, 5.41) is 7.14. The highest BCUT2D eigenvalue weighted by Crippen LogP contribution is 2.62. The van der Waals surface area contributed by atoms with Crippen LogP contribution >= 0.6 is 0 Å². The Morgan fingerprint density at radius 1 is 1.15 bits per heavy atom. The van der Waals surface area contributed by atoms with Gasteiger partial charge in [0.25, 0.3) is 0 Å². The number of carbonyl (C=O) groups is 1. The second kappa shape index (κ2) is 7.95. The summed E-state index contributed by atoms with van der Waals surface area (Å²) in [6, 6.07) is 0.409. The molecule has 4 atom stereocenters. The van der Waals surface area contributed by atoms with Gasteiger partial charge < -0.3 is 25.0 Å². The zero-order chi connectivity index (χ0) is 18.9. The monoisotopic (exact) mass is 378 g/mol. The van der Waals surface area contributed by atoms with Crippen molar-refractivity contribution in [2.45, 2.75) is 63.2 Å². The summed E-state index contributed by atoms with van der Waals surface area (Å²) < 4.78 is 11.9. The van der Waals surface area contributed by atoms with E-state index in [1.807, 2.05) is 0 Å². The molecule has 2 N–H and O–H groups in total. The van der Waals surface area contributed by atoms with Crippen molar-refractivity contribution in [3.05, 3.63) is 0 Å². The maximum absolute atomic E-state index is 12.0. The molecule has 0 aromatic carbocycles. The number of nitrogens with zero attached hydrogens (tertiary/aromatic N) is 2. The van der Waals surface area contributed by atoms with Gasteiger partial charge in [0.15, 0.2) is 5.96 Å². The quantitative estimate of drug-likeness (QED) is 0.554. The predicted molar refractivity (Wildman–Crippen MR) is 104 cm³/mol. The van der Waals surface area contributed by atoms with E-state index in [2.05, 4.69) is 15.6 Å². The lowest BCUT2D eigenvalue weighted by atomic mass is 9.46. The lowest BCUT2D eigenvalue weighted by Crippen LogP contribution is -2.72. The third-order valence-electron chi connectivity index (χ3n) is 6.97. The second-order valence-electron chi connectivity index (χ2n) is 8.78. The van der Waals surface area contributed by atoms with Gasteiger partial charge in [-0.1, -0.05) is 6.42 Å². The maximum Gasteiger partial charge on any atom is 0.243 e. The molecule has 0 aromatic heterocycles. The van der Waals surface area contributed by atoms with Crippen LogP contribution in [0.1, 0.15) is 44.9 Å². The van der Waals surface area contributed by atoms with Gasteiger partial charge in [0.2, 0.25) is 5.91 Å². The van der Waals surface area contributed by atoms with E-state index in [-0.39, 0.29) is 24.0 Å². The SMILES string of the molecule is CN(C)C(=O)CN=C(NCC1CCCCO1)NC1C2CCOC2C12CCC2. The molecule has 7 heteroatoms. The van der Waals surface area contributed by atoms with Gasteiger partial charge in [-0.15, -0.1) is 0 Å². The van der Waals surface area contributed by atoms with Crippen molar-refractivity contribution in [2.75, 3.05) is 40.4 Å². The van der Waals surface area contributed by atoms with Crippen LogP contribution in [-0.2, 0) is 14.3 Å². The molecule has 1 spiro atoms. The van der Waals surface area contributed by atoms with Crippen molar-refractivity contribution in [1.82, 2.24) is 15.5 Å². The minimum absolute atomic E-state index is 0.0130. The molecular weight excluding hydrogens is 344 g/mol. The van der Waals surface area contributed by atoms with Crippen molar-refractivity contribution in [2.24, 2.45) is 16.3 Å². The normalized spacial score (nSPS) is 34.4. The number of guanidine groups is 1. The van der Waals surface area contributed by atoms with Crippen LogP contribution in [0.25, 0.3) is 0 Å². The van der Waals surface area contributed by atoms with Gasteiger partial charge in [-0.25, -0.2) is 4.99 Å². The first-order valence-electron chi connectivity index (χ1n) is 10.6. The fourth-order valence-electron chi connectivity index (χ4n) is 5.22. The van der Waals surface area contributed by atoms with Gasteiger partial charge >= 0.3 is 0 Å². The van der Waals surface area contributed by atoms with Gasteiger partial charge in [0, 0.05) is 51.2 Å². The van der Waals surface area contributed by atoms with Gasteiger partial charge in [0.05, 0.1) is 12.2 Å². The number of likely N-dealkylation sites (N-methyl/N-ethyl adjacent to an activating group) is 1. The summed E-state index contributed by atoms with van der Waals surface area (Å²) in [5.41, 5.74) is 0.288. The Bertz CT molecular complexity index is 570. The number of fused-ring (bicyclic) bond motifs is 2. The Hall–Kier alpha value is -1.34. The minimum atomic E-state index is 0.0130. The van der Waals surface area contributed by atoms with E-state index < -0.39 is 0 Å². The van der Waals surface area contributed by atoms with Gasteiger partial charge in [-0.05, 0) is 38.5 Å². The summed E-state index contributed by atoms with van der Waals surface area (Å²) in [5.74, 6) is 1.34. The summed E-state index contributed by atoms with van der Waals surface area (Å²) >= 11 is 0. The topological polar surface area (TPSA) is 75.2 Å². The molecule has 152 valence electrons. The smallest absolute Gasteiger partial charge is 0.243 e. The van der Waals surface area contributed by atoms with E-state index in [1.54, 1.807) is 19.0 Å². The van der Waals surface area contributed by atoms with Crippen molar-refractivity contribution in [3.63, 3.8) is 0 Å². The van der Waals surface area contributed by atoms with Crippen LogP contribution in [0.3, 0.4) is 0 Å². The number of nitrogens with one attached hydrogen (secondary N) is 2. The fourth-order valence-corrected chi connectivity index (χ4v) is 5.22. The number of amides is 1. The second-order valence-corrected chi connectivity index (χ2v) is 8.78. The van der Waals surface area contributed by atoms with Crippen molar-refractivity contribution < 1.29 is 14.3 Å². The highest BCUT2D eigenvalue weighted by Gasteiger charge is 2.66. The van der Waals surface area contributed by atoms with Gasteiger partial charge in [-0.3, -0.25) is 4.79 Å². The lowest BCUT2D eigenvalue weighted by Gasteiger charge is -2.63. The molecule has 2 heterocycles.